The summed E-state index contributed by atoms with van der Waals surface area (Å²) in [5.74, 6) is -5.08. The minimum Gasteiger partial charge on any atom is -0.463 e. The molecule has 2 N–H and O–H groups in total. The summed E-state index contributed by atoms with van der Waals surface area (Å²) >= 11 is 0. The number of carbonyl (C=O) groups is 2. The first kappa shape index (κ1) is 24.8. The summed E-state index contributed by atoms with van der Waals surface area (Å²) in [6.45, 7) is 0.725. The number of alkyl halides is 6. The van der Waals surface area contributed by atoms with Crippen LogP contribution in [0.15, 0.2) is 48.5 Å². The van der Waals surface area contributed by atoms with Gasteiger partial charge >= 0.3 is 24.2 Å². The van der Waals surface area contributed by atoms with Crippen LogP contribution >= 0.6 is 0 Å². The van der Waals surface area contributed by atoms with Crippen LogP contribution < -0.4 is 15.4 Å². The lowest BCUT2D eigenvalue weighted by atomic mass is 10.1. The molecule has 1 amide bonds. The first-order valence-corrected chi connectivity index (χ1v) is 8.73. The summed E-state index contributed by atoms with van der Waals surface area (Å²) in [5, 5.41) is 3.23. The minimum absolute atomic E-state index is 0.494. The Morgan fingerprint density at radius 3 is 2.09 bits per heavy atom. The van der Waals surface area contributed by atoms with Crippen LogP contribution in [0, 0.1) is 5.82 Å². The predicted molar refractivity (Wildman–Crippen MR) is 96.0 cm³/mol. The van der Waals surface area contributed by atoms with Gasteiger partial charge in [0.15, 0.2) is 0 Å². The molecule has 32 heavy (non-hydrogen) atoms. The maximum atomic E-state index is 14.1. The minimum atomic E-state index is -5.50. The maximum Gasteiger partial charge on any atom is 0.573 e. The van der Waals surface area contributed by atoms with Crippen LogP contribution in [0.25, 0.3) is 0 Å². The molecule has 0 spiro atoms. The van der Waals surface area contributed by atoms with Crippen molar-refractivity contribution in [3.8, 4) is 5.75 Å². The van der Waals surface area contributed by atoms with E-state index in [2.05, 4.69) is 9.47 Å². The highest BCUT2D eigenvalue weighted by atomic mass is 19.4. The van der Waals surface area contributed by atoms with Crippen LogP contribution in [0.4, 0.5) is 36.4 Å². The zero-order valence-corrected chi connectivity index (χ0v) is 16.1. The van der Waals surface area contributed by atoms with E-state index in [0.717, 1.165) is 30.3 Å². The molecule has 0 fully saturated rings. The third-order valence-electron chi connectivity index (χ3n) is 3.81. The van der Waals surface area contributed by atoms with Crippen molar-refractivity contribution in [2.24, 2.45) is 0 Å². The van der Waals surface area contributed by atoms with Gasteiger partial charge in [-0.3, -0.25) is 4.79 Å². The fourth-order valence-electron chi connectivity index (χ4n) is 2.46. The van der Waals surface area contributed by atoms with E-state index in [9.17, 15) is 40.3 Å². The molecule has 2 aromatic carbocycles. The Bertz CT molecular complexity index is 961. The van der Waals surface area contributed by atoms with Crippen molar-refractivity contribution in [1.82, 2.24) is 5.32 Å². The van der Waals surface area contributed by atoms with Gasteiger partial charge < -0.3 is 20.1 Å². The molecule has 0 saturated carbocycles. The molecule has 0 aliphatic carbocycles. The summed E-state index contributed by atoms with van der Waals surface area (Å²) in [6.07, 6.45) is -10.5. The lowest BCUT2D eigenvalue weighted by Crippen LogP contribution is -2.69. The Hall–Kier alpha value is -3.51. The Morgan fingerprint density at radius 1 is 0.969 bits per heavy atom. The van der Waals surface area contributed by atoms with Crippen molar-refractivity contribution in [2.75, 3.05) is 11.9 Å². The summed E-state index contributed by atoms with van der Waals surface area (Å²) in [7, 11) is 0. The quantitative estimate of drug-likeness (QED) is 0.358. The van der Waals surface area contributed by atoms with Gasteiger partial charge in [0.1, 0.15) is 11.6 Å². The Labute approximate surface area is 176 Å². The van der Waals surface area contributed by atoms with E-state index in [4.69, 9.17) is 0 Å². The van der Waals surface area contributed by atoms with Gasteiger partial charge in [-0.15, -0.1) is 13.2 Å². The highest BCUT2D eigenvalue weighted by molar-refractivity contribution is 5.99. The van der Waals surface area contributed by atoms with Gasteiger partial charge in [0.05, 0.1) is 6.61 Å². The lowest BCUT2D eigenvalue weighted by Gasteiger charge is -2.35. The smallest absolute Gasteiger partial charge is 0.463 e. The van der Waals surface area contributed by atoms with Crippen LogP contribution in [-0.2, 0) is 9.53 Å². The number of esters is 1. The van der Waals surface area contributed by atoms with E-state index in [0.29, 0.717) is 18.2 Å². The average Bonchev–Trinajstić information content (AvgIpc) is 2.67. The van der Waals surface area contributed by atoms with Crippen molar-refractivity contribution in [2.45, 2.75) is 25.1 Å². The number of ether oxygens (including phenoxy) is 2. The summed E-state index contributed by atoms with van der Waals surface area (Å²) in [4.78, 5) is 24.7. The summed E-state index contributed by atoms with van der Waals surface area (Å²) < 4.78 is 100. The number of amides is 1. The van der Waals surface area contributed by atoms with Gasteiger partial charge in [-0.25, -0.2) is 9.18 Å². The standard InChI is InChI=1S/C19H15F7N2O4/c1-2-31-16(30)17(18(21,22)23,28-15(29)11-4-3-5-12(20)10-11)27-13-6-8-14(9-7-13)32-19(24,25)26/h3-10,27H,2H2,1H3,(H,28,29). The fourth-order valence-corrected chi connectivity index (χ4v) is 2.46. The molecule has 0 aliphatic rings. The van der Waals surface area contributed by atoms with Gasteiger partial charge in [-0.1, -0.05) is 6.07 Å². The maximum absolute atomic E-state index is 14.1. The van der Waals surface area contributed by atoms with Crippen LogP contribution in [0.3, 0.4) is 0 Å². The van der Waals surface area contributed by atoms with Gasteiger partial charge in [0.2, 0.25) is 0 Å². The molecule has 1 unspecified atom stereocenters. The molecule has 0 aliphatic heterocycles. The SMILES string of the molecule is CCOC(=O)C(NC(=O)c1cccc(F)c1)(Nc1ccc(OC(F)(F)F)cc1)C(F)(F)F. The molecule has 0 radical (unpaired) electrons. The van der Waals surface area contributed by atoms with Gasteiger partial charge in [-0.2, -0.15) is 13.2 Å². The molecule has 174 valence electrons. The molecule has 6 nitrogen and oxygen atoms in total. The first-order chi connectivity index (χ1) is 14.8. The number of anilines is 1. The van der Waals surface area contributed by atoms with Crippen LogP contribution in [-0.4, -0.2) is 36.7 Å². The molecule has 0 aromatic heterocycles. The molecular weight excluding hydrogens is 453 g/mol. The number of rotatable bonds is 7. The zero-order chi connectivity index (χ0) is 24.2. The van der Waals surface area contributed by atoms with Crippen LogP contribution in [0.1, 0.15) is 17.3 Å². The average molecular weight is 468 g/mol. The molecule has 1 atom stereocenters. The molecular formula is C19H15F7N2O4. The number of halogens is 7. The second-order valence-corrected chi connectivity index (χ2v) is 6.13. The molecule has 0 saturated heterocycles. The monoisotopic (exact) mass is 468 g/mol. The third kappa shape index (κ3) is 6.02. The highest BCUT2D eigenvalue weighted by Gasteiger charge is 2.63. The van der Waals surface area contributed by atoms with Crippen molar-refractivity contribution in [3.63, 3.8) is 0 Å². The van der Waals surface area contributed by atoms with Crippen molar-refractivity contribution in [1.29, 1.82) is 0 Å². The number of hydrogen-bond donors (Lipinski definition) is 2. The highest BCUT2D eigenvalue weighted by Crippen LogP contribution is 2.34. The van der Waals surface area contributed by atoms with E-state index in [1.165, 1.54) is 12.2 Å². The number of benzene rings is 2. The number of carbonyl (C=O) groups excluding carboxylic acids is 2. The molecule has 2 aromatic rings. The molecule has 13 heteroatoms. The predicted octanol–water partition coefficient (Wildman–Crippen LogP) is 4.39. The largest absolute Gasteiger partial charge is 0.573 e. The lowest BCUT2D eigenvalue weighted by molar-refractivity contribution is -0.274. The summed E-state index contributed by atoms with van der Waals surface area (Å²) in [6, 6.07) is 6.56. The topological polar surface area (TPSA) is 76.7 Å². The Kier molecular flexibility index (Phi) is 7.21. The van der Waals surface area contributed by atoms with E-state index in [-0.39, 0.29) is 0 Å². The molecule has 0 bridgehead atoms. The van der Waals surface area contributed by atoms with E-state index in [1.807, 2.05) is 0 Å². The van der Waals surface area contributed by atoms with E-state index in [1.54, 1.807) is 5.32 Å². The number of nitrogens with one attached hydrogen (secondary N) is 2. The van der Waals surface area contributed by atoms with Crippen molar-refractivity contribution < 1.29 is 49.8 Å². The zero-order valence-electron chi connectivity index (χ0n) is 16.1. The fraction of sp³-hybridized carbons (Fsp3) is 0.263. The van der Waals surface area contributed by atoms with Crippen LogP contribution in [0.2, 0.25) is 0 Å². The second-order valence-electron chi connectivity index (χ2n) is 6.13. The molecule has 0 heterocycles. The van der Waals surface area contributed by atoms with Crippen molar-refractivity contribution >= 4 is 17.6 Å². The van der Waals surface area contributed by atoms with Crippen LogP contribution in [0.5, 0.6) is 5.75 Å². The normalized spacial score (nSPS) is 13.6. The first-order valence-electron chi connectivity index (χ1n) is 8.73. The molecule has 2 rings (SSSR count). The Morgan fingerprint density at radius 2 is 1.59 bits per heavy atom. The number of hydrogen-bond acceptors (Lipinski definition) is 5. The van der Waals surface area contributed by atoms with Crippen molar-refractivity contribution in [3.05, 3.63) is 59.9 Å². The summed E-state index contributed by atoms with van der Waals surface area (Å²) in [5.41, 5.74) is -4.89. The van der Waals surface area contributed by atoms with Gasteiger partial charge in [0.25, 0.3) is 5.91 Å². The van der Waals surface area contributed by atoms with Gasteiger partial charge in [-0.05, 0) is 49.4 Å². The van der Waals surface area contributed by atoms with Gasteiger partial charge in [0, 0.05) is 11.3 Å². The second kappa shape index (κ2) is 9.32. The third-order valence-corrected chi connectivity index (χ3v) is 3.81. The van der Waals surface area contributed by atoms with E-state index < -0.39 is 59.5 Å². The van der Waals surface area contributed by atoms with E-state index >= 15 is 0 Å². The Balaban J connectivity index is 2.45.